The van der Waals surface area contributed by atoms with Crippen LogP contribution in [0.15, 0.2) is 22.1 Å². The van der Waals surface area contributed by atoms with E-state index in [-0.39, 0.29) is 11.9 Å². The quantitative estimate of drug-likeness (QED) is 0.791. The Kier molecular flexibility index (Phi) is 3.95. The van der Waals surface area contributed by atoms with Gasteiger partial charge in [0.05, 0.1) is 5.25 Å². The van der Waals surface area contributed by atoms with E-state index in [2.05, 4.69) is 25.4 Å². The Morgan fingerprint density at radius 1 is 1.53 bits per heavy atom. The van der Waals surface area contributed by atoms with Crippen molar-refractivity contribution in [3.05, 3.63) is 18.2 Å². The number of carbonyl (C=O) groups excluding carboxylic acids is 1. The average molecular weight is 280 g/mol. The number of nitrogens with zero attached hydrogens (tertiary/aromatic N) is 4. The maximum atomic E-state index is 11.9. The maximum absolute atomic E-state index is 11.9. The second-order valence-corrected chi connectivity index (χ2v) is 5.01. The highest BCUT2D eigenvalue weighted by Crippen LogP contribution is 2.20. The summed E-state index contributed by atoms with van der Waals surface area (Å²) in [5, 5.41) is 6.30. The van der Waals surface area contributed by atoms with Gasteiger partial charge in [-0.1, -0.05) is 16.9 Å². The monoisotopic (exact) mass is 280 g/mol. The molecule has 0 bridgehead atoms. The van der Waals surface area contributed by atoms with Gasteiger partial charge in [0, 0.05) is 6.07 Å². The Labute approximate surface area is 113 Å². The number of thioether (sulfide) groups is 1. The summed E-state index contributed by atoms with van der Waals surface area (Å²) >= 11 is 1.18. The molecule has 2 aromatic rings. The SMILES string of the molecule is Cc1cc(NC(=O)C(C)Sc2ncnc(N)n2)no1. The number of carbonyl (C=O) groups is 1. The highest BCUT2D eigenvalue weighted by molar-refractivity contribution is 8.00. The van der Waals surface area contributed by atoms with Crippen LogP contribution in [0.25, 0.3) is 0 Å². The number of aromatic nitrogens is 4. The molecule has 2 rings (SSSR count). The Balaban J connectivity index is 1.96. The minimum absolute atomic E-state index is 0.122. The predicted molar refractivity (Wildman–Crippen MR) is 69.4 cm³/mol. The number of rotatable bonds is 4. The van der Waals surface area contributed by atoms with Crippen molar-refractivity contribution < 1.29 is 9.32 Å². The van der Waals surface area contributed by atoms with Crippen LogP contribution in [-0.4, -0.2) is 31.3 Å². The number of amides is 1. The normalized spacial score (nSPS) is 12.1. The molecule has 8 nitrogen and oxygen atoms in total. The van der Waals surface area contributed by atoms with Crippen LogP contribution in [0.5, 0.6) is 0 Å². The first-order valence-corrected chi connectivity index (χ1v) is 6.28. The first kappa shape index (κ1) is 13.3. The number of nitrogens with one attached hydrogen (secondary N) is 1. The molecule has 0 aliphatic carbocycles. The van der Waals surface area contributed by atoms with E-state index >= 15 is 0 Å². The molecule has 1 amide bonds. The fourth-order valence-corrected chi connectivity index (χ4v) is 1.95. The van der Waals surface area contributed by atoms with Crippen LogP contribution in [0, 0.1) is 6.92 Å². The van der Waals surface area contributed by atoms with Crippen LogP contribution in [0.4, 0.5) is 11.8 Å². The summed E-state index contributed by atoms with van der Waals surface area (Å²) in [4.78, 5) is 23.4. The molecule has 1 unspecified atom stereocenters. The summed E-state index contributed by atoms with van der Waals surface area (Å²) in [7, 11) is 0. The topological polar surface area (TPSA) is 120 Å². The number of anilines is 2. The molecule has 2 heterocycles. The molecule has 0 aliphatic heterocycles. The van der Waals surface area contributed by atoms with Gasteiger partial charge in [0.1, 0.15) is 12.1 Å². The van der Waals surface area contributed by atoms with Crippen LogP contribution in [0.2, 0.25) is 0 Å². The zero-order chi connectivity index (χ0) is 13.8. The number of hydrogen-bond donors (Lipinski definition) is 2. The molecule has 0 fully saturated rings. The van der Waals surface area contributed by atoms with E-state index in [0.717, 1.165) is 0 Å². The van der Waals surface area contributed by atoms with E-state index in [0.29, 0.717) is 16.7 Å². The highest BCUT2D eigenvalue weighted by atomic mass is 32.2. The van der Waals surface area contributed by atoms with Gasteiger partial charge >= 0.3 is 0 Å². The lowest BCUT2D eigenvalue weighted by atomic mass is 10.4. The van der Waals surface area contributed by atoms with Gasteiger partial charge in [0.25, 0.3) is 0 Å². The molecule has 0 saturated carbocycles. The Bertz CT molecular complexity index is 587. The van der Waals surface area contributed by atoms with E-state index in [9.17, 15) is 4.79 Å². The van der Waals surface area contributed by atoms with Gasteiger partial charge in [-0.05, 0) is 13.8 Å². The third kappa shape index (κ3) is 3.65. The van der Waals surface area contributed by atoms with Gasteiger partial charge in [-0.3, -0.25) is 4.79 Å². The molecule has 0 aliphatic rings. The minimum Gasteiger partial charge on any atom is -0.368 e. The molecule has 0 saturated heterocycles. The number of nitrogens with two attached hydrogens (primary N) is 1. The maximum Gasteiger partial charge on any atom is 0.238 e. The van der Waals surface area contributed by atoms with Crippen LogP contribution >= 0.6 is 11.8 Å². The Morgan fingerprint density at radius 3 is 2.95 bits per heavy atom. The second kappa shape index (κ2) is 5.65. The zero-order valence-electron chi connectivity index (χ0n) is 10.3. The summed E-state index contributed by atoms with van der Waals surface area (Å²) < 4.78 is 4.86. The summed E-state index contributed by atoms with van der Waals surface area (Å²) in [6, 6.07) is 1.64. The third-order valence-corrected chi connectivity index (χ3v) is 3.07. The molecular weight excluding hydrogens is 268 g/mol. The van der Waals surface area contributed by atoms with Gasteiger partial charge in [-0.15, -0.1) is 0 Å². The lowest BCUT2D eigenvalue weighted by Crippen LogP contribution is -2.22. The second-order valence-electron chi connectivity index (χ2n) is 3.70. The molecule has 2 aromatic heterocycles. The van der Waals surface area contributed by atoms with E-state index in [1.807, 2.05) is 0 Å². The average Bonchev–Trinajstić information content (AvgIpc) is 2.74. The van der Waals surface area contributed by atoms with Crippen LogP contribution < -0.4 is 11.1 Å². The van der Waals surface area contributed by atoms with Crippen molar-refractivity contribution >= 4 is 29.4 Å². The van der Waals surface area contributed by atoms with Crippen LogP contribution in [0.3, 0.4) is 0 Å². The van der Waals surface area contributed by atoms with E-state index in [1.165, 1.54) is 18.1 Å². The van der Waals surface area contributed by atoms with Gasteiger partial charge in [0.15, 0.2) is 11.0 Å². The predicted octanol–water partition coefficient (Wildman–Crippen LogP) is 0.870. The minimum atomic E-state index is -0.404. The van der Waals surface area contributed by atoms with Crippen LogP contribution in [-0.2, 0) is 4.79 Å². The largest absolute Gasteiger partial charge is 0.368 e. The summed E-state index contributed by atoms with van der Waals surface area (Å²) in [5.41, 5.74) is 5.44. The first-order chi connectivity index (χ1) is 9.04. The van der Waals surface area contributed by atoms with E-state index in [1.54, 1.807) is 19.9 Å². The molecule has 9 heteroatoms. The molecule has 100 valence electrons. The van der Waals surface area contributed by atoms with Crippen molar-refractivity contribution in [2.45, 2.75) is 24.3 Å². The standard InChI is InChI=1S/C10H12N6O2S/c1-5-3-7(16-18-5)14-8(17)6(2)19-10-13-4-12-9(11)15-10/h3-4,6H,1-2H3,(H,14,16,17)(H2,11,12,13,15). The zero-order valence-corrected chi connectivity index (χ0v) is 11.1. The third-order valence-electron chi connectivity index (χ3n) is 2.10. The number of nitrogen functional groups attached to an aromatic ring is 1. The first-order valence-electron chi connectivity index (χ1n) is 5.40. The Hall–Kier alpha value is -2.16. The summed E-state index contributed by atoms with van der Waals surface area (Å²) in [5.74, 6) is 0.903. The highest BCUT2D eigenvalue weighted by Gasteiger charge is 2.17. The van der Waals surface area contributed by atoms with Crippen molar-refractivity contribution in [2.24, 2.45) is 0 Å². The molecule has 0 spiro atoms. The van der Waals surface area contributed by atoms with E-state index in [4.69, 9.17) is 10.3 Å². The summed E-state index contributed by atoms with van der Waals surface area (Å²) in [6.07, 6.45) is 1.30. The number of aryl methyl sites for hydroxylation is 1. The van der Waals surface area contributed by atoms with Crippen molar-refractivity contribution in [1.82, 2.24) is 20.1 Å². The Morgan fingerprint density at radius 2 is 2.32 bits per heavy atom. The smallest absolute Gasteiger partial charge is 0.238 e. The van der Waals surface area contributed by atoms with Crippen molar-refractivity contribution in [3.8, 4) is 0 Å². The molecule has 0 aromatic carbocycles. The van der Waals surface area contributed by atoms with Gasteiger partial charge in [0.2, 0.25) is 11.9 Å². The fourth-order valence-electron chi connectivity index (χ4n) is 1.21. The fraction of sp³-hybridized carbons (Fsp3) is 0.300. The molecule has 3 N–H and O–H groups in total. The lowest BCUT2D eigenvalue weighted by Gasteiger charge is -2.08. The molecule has 1 atom stereocenters. The van der Waals surface area contributed by atoms with Crippen molar-refractivity contribution in [2.75, 3.05) is 11.1 Å². The lowest BCUT2D eigenvalue weighted by molar-refractivity contribution is -0.115. The molecule has 0 radical (unpaired) electrons. The van der Waals surface area contributed by atoms with Crippen molar-refractivity contribution in [3.63, 3.8) is 0 Å². The van der Waals surface area contributed by atoms with Crippen molar-refractivity contribution in [1.29, 1.82) is 0 Å². The van der Waals surface area contributed by atoms with Gasteiger partial charge in [-0.2, -0.15) is 4.98 Å². The summed E-state index contributed by atoms with van der Waals surface area (Å²) in [6.45, 7) is 3.47. The van der Waals surface area contributed by atoms with E-state index < -0.39 is 5.25 Å². The molecular formula is C10H12N6O2S. The van der Waals surface area contributed by atoms with Crippen LogP contribution in [0.1, 0.15) is 12.7 Å². The van der Waals surface area contributed by atoms with Gasteiger partial charge in [-0.25, -0.2) is 9.97 Å². The molecule has 19 heavy (non-hydrogen) atoms. The number of hydrogen-bond acceptors (Lipinski definition) is 8. The van der Waals surface area contributed by atoms with Gasteiger partial charge < -0.3 is 15.6 Å².